The van der Waals surface area contributed by atoms with Gasteiger partial charge in [-0.05, 0) is 56.4 Å². The molecule has 3 aliphatic heterocycles. The number of rotatable bonds is 4. The van der Waals surface area contributed by atoms with Crippen LogP contribution in [-0.2, 0) is 11.3 Å². The molecule has 1 aromatic heterocycles. The Labute approximate surface area is 138 Å². The van der Waals surface area contributed by atoms with E-state index in [4.69, 9.17) is 0 Å². The summed E-state index contributed by atoms with van der Waals surface area (Å²) in [6.07, 6.45) is 11.9. The Morgan fingerprint density at radius 2 is 1.83 bits per heavy atom. The van der Waals surface area contributed by atoms with Crippen molar-refractivity contribution in [2.24, 2.45) is 11.8 Å². The SMILES string of the molecule is O=C(CC1CC2CCC(C1)N2)N1CCC(Cn2cccn2)CC1. The zero-order valence-electron chi connectivity index (χ0n) is 13.9. The Balaban J connectivity index is 1.23. The Morgan fingerprint density at radius 3 is 2.48 bits per heavy atom. The van der Waals surface area contributed by atoms with Crippen molar-refractivity contribution in [3.05, 3.63) is 18.5 Å². The van der Waals surface area contributed by atoms with E-state index in [1.54, 1.807) is 0 Å². The molecule has 3 aliphatic rings. The van der Waals surface area contributed by atoms with Crippen molar-refractivity contribution in [1.29, 1.82) is 0 Å². The second-order valence-corrected chi connectivity index (χ2v) is 7.73. The van der Waals surface area contributed by atoms with Crippen LogP contribution in [-0.4, -0.2) is 45.8 Å². The molecule has 3 fully saturated rings. The minimum atomic E-state index is 0.397. The lowest BCUT2D eigenvalue weighted by Crippen LogP contribution is -2.43. The maximum absolute atomic E-state index is 12.6. The van der Waals surface area contributed by atoms with Crippen molar-refractivity contribution < 1.29 is 4.79 Å². The molecule has 4 rings (SSSR count). The Hall–Kier alpha value is -1.36. The van der Waals surface area contributed by atoms with Crippen molar-refractivity contribution in [3.63, 3.8) is 0 Å². The second kappa shape index (κ2) is 6.63. The Kier molecular flexibility index (Phi) is 4.38. The first-order chi connectivity index (χ1) is 11.3. The molecule has 5 nitrogen and oxygen atoms in total. The van der Waals surface area contributed by atoms with E-state index in [1.807, 2.05) is 23.1 Å². The molecule has 2 unspecified atom stereocenters. The van der Waals surface area contributed by atoms with Crippen molar-refractivity contribution in [1.82, 2.24) is 20.0 Å². The molecule has 1 aromatic rings. The lowest BCUT2D eigenvalue weighted by atomic mass is 9.88. The van der Waals surface area contributed by atoms with Gasteiger partial charge < -0.3 is 10.2 Å². The van der Waals surface area contributed by atoms with Crippen molar-refractivity contribution in [2.45, 2.75) is 63.6 Å². The van der Waals surface area contributed by atoms with Crippen LogP contribution in [0.4, 0.5) is 0 Å². The van der Waals surface area contributed by atoms with E-state index >= 15 is 0 Å². The van der Waals surface area contributed by atoms with Gasteiger partial charge in [0.05, 0.1) is 0 Å². The van der Waals surface area contributed by atoms with E-state index in [2.05, 4.69) is 15.3 Å². The van der Waals surface area contributed by atoms with Crippen LogP contribution in [0.3, 0.4) is 0 Å². The molecule has 0 aliphatic carbocycles. The fourth-order valence-corrected chi connectivity index (χ4v) is 4.76. The van der Waals surface area contributed by atoms with Crippen LogP contribution in [0.15, 0.2) is 18.5 Å². The molecule has 4 heterocycles. The summed E-state index contributed by atoms with van der Waals surface area (Å²) in [5.41, 5.74) is 0. The van der Waals surface area contributed by atoms with Gasteiger partial charge in [0, 0.05) is 50.5 Å². The number of nitrogens with one attached hydrogen (secondary N) is 1. The molecule has 126 valence electrons. The normalized spacial score (nSPS) is 31.5. The van der Waals surface area contributed by atoms with Crippen molar-refractivity contribution in [2.75, 3.05) is 13.1 Å². The third-order valence-corrected chi connectivity index (χ3v) is 6.01. The highest BCUT2D eigenvalue weighted by Gasteiger charge is 2.35. The highest BCUT2D eigenvalue weighted by molar-refractivity contribution is 5.76. The first kappa shape index (κ1) is 15.2. The maximum Gasteiger partial charge on any atom is 0.222 e. The number of carbonyl (C=O) groups is 1. The quantitative estimate of drug-likeness (QED) is 0.925. The van der Waals surface area contributed by atoms with Crippen LogP contribution >= 0.6 is 0 Å². The Morgan fingerprint density at radius 1 is 1.09 bits per heavy atom. The number of piperidine rings is 2. The second-order valence-electron chi connectivity index (χ2n) is 7.73. The third-order valence-electron chi connectivity index (χ3n) is 6.01. The van der Waals surface area contributed by atoms with Gasteiger partial charge in [0.15, 0.2) is 0 Å². The van der Waals surface area contributed by atoms with E-state index in [0.717, 1.165) is 38.9 Å². The number of likely N-dealkylation sites (tertiary alicyclic amines) is 1. The third kappa shape index (κ3) is 3.60. The van der Waals surface area contributed by atoms with E-state index in [0.29, 0.717) is 29.8 Å². The Bertz CT molecular complexity index is 509. The lowest BCUT2D eigenvalue weighted by molar-refractivity contribution is -0.134. The molecule has 0 saturated carbocycles. The van der Waals surface area contributed by atoms with Crippen LogP contribution in [0.2, 0.25) is 0 Å². The van der Waals surface area contributed by atoms with Gasteiger partial charge in [-0.25, -0.2) is 0 Å². The minimum absolute atomic E-state index is 0.397. The van der Waals surface area contributed by atoms with Gasteiger partial charge >= 0.3 is 0 Å². The van der Waals surface area contributed by atoms with Gasteiger partial charge in [-0.2, -0.15) is 5.10 Å². The summed E-state index contributed by atoms with van der Waals surface area (Å²) in [5, 5.41) is 7.96. The molecule has 0 spiro atoms. The molecule has 1 amide bonds. The molecule has 5 heteroatoms. The summed E-state index contributed by atoms with van der Waals surface area (Å²) in [5.74, 6) is 1.67. The van der Waals surface area contributed by atoms with E-state index in [1.165, 1.54) is 25.7 Å². The van der Waals surface area contributed by atoms with Gasteiger partial charge in [-0.1, -0.05) is 0 Å². The van der Waals surface area contributed by atoms with Crippen LogP contribution in [0.5, 0.6) is 0 Å². The predicted octanol–water partition coefficient (Wildman–Crippen LogP) is 2.04. The summed E-state index contributed by atoms with van der Waals surface area (Å²) in [6.45, 7) is 2.86. The first-order valence-corrected chi connectivity index (χ1v) is 9.27. The highest BCUT2D eigenvalue weighted by atomic mass is 16.2. The number of fused-ring (bicyclic) bond motifs is 2. The summed E-state index contributed by atoms with van der Waals surface area (Å²) in [4.78, 5) is 14.7. The van der Waals surface area contributed by atoms with Crippen LogP contribution < -0.4 is 5.32 Å². The minimum Gasteiger partial charge on any atom is -0.343 e. The predicted molar refractivity (Wildman–Crippen MR) is 88.8 cm³/mol. The van der Waals surface area contributed by atoms with Crippen molar-refractivity contribution in [3.8, 4) is 0 Å². The molecule has 2 bridgehead atoms. The molecule has 23 heavy (non-hydrogen) atoms. The van der Waals surface area contributed by atoms with E-state index in [9.17, 15) is 4.79 Å². The number of hydrogen-bond acceptors (Lipinski definition) is 3. The first-order valence-electron chi connectivity index (χ1n) is 9.27. The molecular formula is C18H28N4O. The van der Waals surface area contributed by atoms with Crippen molar-refractivity contribution >= 4 is 5.91 Å². The molecule has 0 radical (unpaired) electrons. The summed E-state index contributed by atoms with van der Waals surface area (Å²) in [7, 11) is 0. The number of hydrogen-bond donors (Lipinski definition) is 1. The fourth-order valence-electron chi connectivity index (χ4n) is 4.76. The van der Waals surface area contributed by atoms with Gasteiger partial charge in [0.25, 0.3) is 0 Å². The monoisotopic (exact) mass is 316 g/mol. The summed E-state index contributed by atoms with van der Waals surface area (Å²) >= 11 is 0. The molecule has 1 N–H and O–H groups in total. The molecule has 0 aromatic carbocycles. The highest BCUT2D eigenvalue weighted by Crippen LogP contribution is 2.33. The largest absolute Gasteiger partial charge is 0.343 e. The average Bonchev–Trinajstić information content (AvgIpc) is 3.18. The van der Waals surface area contributed by atoms with Gasteiger partial charge in [0.1, 0.15) is 0 Å². The number of nitrogens with zero attached hydrogens (tertiary/aromatic N) is 3. The van der Waals surface area contributed by atoms with E-state index in [-0.39, 0.29) is 0 Å². The van der Waals surface area contributed by atoms with E-state index < -0.39 is 0 Å². The van der Waals surface area contributed by atoms with Gasteiger partial charge in [-0.15, -0.1) is 0 Å². The topological polar surface area (TPSA) is 50.2 Å². The lowest BCUT2D eigenvalue weighted by Gasteiger charge is -2.34. The molecule has 3 saturated heterocycles. The fraction of sp³-hybridized carbons (Fsp3) is 0.778. The zero-order chi connectivity index (χ0) is 15.6. The zero-order valence-corrected chi connectivity index (χ0v) is 13.9. The maximum atomic E-state index is 12.6. The number of carbonyl (C=O) groups excluding carboxylic acids is 1. The van der Waals surface area contributed by atoms with Gasteiger partial charge in [0.2, 0.25) is 5.91 Å². The number of aromatic nitrogens is 2. The van der Waals surface area contributed by atoms with Crippen LogP contribution in [0.25, 0.3) is 0 Å². The van der Waals surface area contributed by atoms with Crippen LogP contribution in [0, 0.1) is 11.8 Å². The summed E-state index contributed by atoms with van der Waals surface area (Å²) < 4.78 is 2.02. The molecular weight excluding hydrogens is 288 g/mol. The smallest absolute Gasteiger partial charge is 0.222 e. The number of amides is 1. The summed E-state index contributed by atoms with van der Waals surface area (Å²) in [6, 6.07) is 3.35. The molecule has 2 atom stereocenters. The standard InChI is InChI=1S/C18H28N4O/c23-18(12-15-10-16-2-3-17(11-15)20-16)21-8-4-14(5-9-21)13-22-7-1-6-19-22/h1,6-7,14-17,20H,2-5,8-13H2. The van der Waals surface area contributed by atoms with Crippen LogP contribution in [0.1, 0.15) is 44.9 Å². The average molecular weight is 316 g/mol. The van der Waals surface area contributed by atoms with Gasteiger partial charge in [-0.3, -0.25) is 9.48 Å².